The first-order valence-corrected chi connectivity index (χ1v) is 8.02. The number of rotatable bonds is 4. The molecule has 0 aromatic heterocycles. The van der Waals surface area contributed by atoms with Gasteiger partial charge in [-0.1, -0.05) is 45.4 Å². The minimum absolute atomic E-state index is 0.824. The van der Waals surface area contributed by atoms with Crippen LogP contribution < -0.4 is 5.32 Å². The average molecular weight is 237 g/mol. The van der Waals surface area contributed by atoms with E-state index in [9.17, 15) is 0 Å². The van der Waals surface area contributed by atoms with Gasteiger partial charge in [-0.25, -0.2) is 0 Å². The van der Waals surface area contributed by atoms with Gasteiger partial charge in [0.05, 0.1) is 0 Å². The van der Waals surface area contributed by atoms with Crippen molar-refractivity contribution < 1.29 is 0 Å². The zero-order valence-electron chi connectivity index (χ0n) is 11.9. The molecule has 17 heavy (non-hydrogen) atoms. The quantitative estimate of drug-likeness (QED) is 0.716. The third-order valence-electron chi connectivity index (χ3n) is 5.41. The van der Waals surface area contributed by atoms with Gasteiger partial charge in [0.1, 0.15) is 0 Å². The second-order valence-corrected chi connectivity index (χ2v) is 6.41. The van der Waals surface area contributed by atoms with Gasteiger partial charge in [-0.15, -0.1) is 0 Å². The Morgan fingerprint density at radius 3 is 2.18 bits per heavy atom. The lowest BCUT2D eigenvalue weighted by molar-refractivity contribution is 0.244. The fourth-order valence-corrected chi connectivity index (χ4v) is 4.34. The van der Waals surface area contributed by atoms with E-state index in [2.05, 4.69) is 19.3 Å². The Bertz CT molecular complexity index is 206. The maximum absolute atomic E-state index is 3.69. The summed E-state index contributed by atoms with van der Waals surface area (Å²) in [6, 6.07) is 0.824. The van der Waals surface area contributed by atoms with Crippen molar-refractivity contribution >= 4 is 0 Å². The van der Waals surface area contributed by atoms with Crippen LogP contribution in [-0.4, -0.2) is 13.1 Å². The summed E-state index contributed by atoms with van der Waals surface area (Å²) in [6.07, 6.45) is 14.8. The minimum Gasteiger partial charge on any atom is -0.316 e. The van der Waals surface area contributed by atoms with Crippen molar-refractivity contribution in [2.24, 2.45) is 17.8 Å². The largest absolute Gasteiger partial charge is 0.316 e. The molecule has 2 rings (SSSR count). The summed E-state index contributed by atoms with van der Waals surface area (Å²) in [5.74, 6) is 2.98. The number of hydrogen-bond donors (Lipinski definition) is 1. The molecule has 0 bridgehead atoms. The predicted molar refractivity (Wildman–Crippen MR) is 75.2 cm³/mol. The molecule has 2 aliphatic carbocycles. The molecule has 2 aliphatic rings. The van der Waals surface area contributed by atoms with E-state index in [0.717, 1.165) is 23.8 Å². The maximum Gasteiger partial charge on any atom is 0.0121 e. The molecule has 0 radical (unpaired) electrons. The molecule has 0 saturated heterocycles. The third-order valence-corrected chi connectivity index (χ3v) is 5.41. The van der Waals surface area contributed by atoms with Gasteiger partial charge in [-0.05, 0) is 50.5 Å². The van der Waals surface area contributed by atoms with Crippen LogP contribution in [0.3, 0.4) is 0 Å². The van der Waals surface area contributed by atoms with Crippen molar-refractivity contribution in [2.75, 3.05) is 7.05 Å². The Morgan fingerprint density at radius 1 is 0.941 bits per heavy atom. The van der Waals surface area contributed by atoms with Gasteiger partial charge in [-0.3, -0.25) is 0 Å². The molecule has 0 aromatic carbocycles. The third kappa shape index (κ3) is 3.47. The fraction of sp³-hybridized carbons (Fsp3) is 1.00. The van der Waals surface area contributed by atoms with Crippen molar-refractivity contribution in [2.45, 2.75) is 77.2 Å². The molecule has 3 atom stereocenters. The summed E-state index contributed by atoms with van der Waals surface area (Å²) in [4.78, 5) is 0. The summed E-state index contributed by atoms with van der Waals surface area (Å²) in [7, 11) is 2.20. The molecule has 0 spiro atoms. The molecular formula is C16H31N. The van der Waals surface area contributed by atoms with Crippen LogP contribution in [0.2, 0.25) is 0 Å². The van der Waals surface area contributed by atoms with Gasteiger partial charge in [0, 0.05) is 6.04 Å². The molecule has 0 aliphatic heterocycles. The fourth-order valence-electron chi connectivity index (χ4n) is 4.34. The van der Waals surface area contributed by atoms with Crippen molar-refractivity contribution in [3.05, 3.63) is 0 Å². The van der Waals surface area contributed by atoms with Crippen LogP contribution in [0.4, 0.5) is 0 Å². The van der Waals surface area contributed by atoms with Gasteiger partial charge >= 0.3 is 0 Å². The highest BCUT2D eigenvalue weighted by Crippen LogP contribution is 2.39. The highest BCUT2D eigenvalue weighted by molar-refractivity contribution is 4.88. The van der Waals surface area contributed by atoms with E-state index in [4.69, 9.17) is 0 Å². The Morgan fingerprint density at radius 2 is 1.65 bits per heavy atom. The van der Waals surface area contributed by atoms with E-state index < -0.39 is 0 Å². The van der Waals surface area contributed by atoms with Crippen molar-refractivity contribution in [1.82, 2.24) is 5.32 Å². The molecule has 1 heteroatoms. The van der Waals surface area contributed by atoms with Crippen LogP contribution in [0.15, 0.2) is 0 Å². The van der Waals surface area contributed by atoms with Crippen LogP contribution in [0.1, 0.15) is 71.1 Å². The van der Waals surface area contributed by atoms with Gasteiger partial charge in [0.2, 0.25) is 0 Å². The monoisotopic (exact) mass is 237 g/mol. The van der Waals surface area contributed by atoms with Crippen LogP contribution in [0, 0.1) is 17.8 Å². The van der Waals surface area contributed by atoms with E-state index in [1.54, 1.807) is 0 Å². The molecule has 100 valence electrons. The van der Waals surface area contributed by atoms with Gasteiger partial charge in [0.15, 0.2) is 0 Å². The smallest absolute Gasteiger partial charge is 0.0121 e. The topological polar surface area (TPSA) is 12.0 Å². The predicted octanol–water partition coefficient (Wildman–Crippen LogP) is 4.37. The Labute approximate surface area is 108 Å². The molecule has 2 fully saturated rings. The van der Waals surface area contributed by atoms with Gasteiger partial charge in [-0.2, -0.15) is 0 Å². The summed E-state index contributed by atoms with van der Waals surface area (Å²) >= 11 is 0. The highest BCUT2D eigenvalue weighted by atomic mass is 14.9. The lowest BCUT2D eigenvalue weighted by atomic mass is 9.82. The molecular weight excluding hydrogens is 206 g/mol. The minimum atomic E-state index is 0.824. The standard InChI is InChI=1S/C16H31N/c1-3-13-10-11-15(12-13)16(17-2)14-8-6-4-5-7-9-14/h13-17H,3-12H2,1-2H3. The summed E-state index contributed by atoms with van der Waals surface area (Å²) in [5.41, 5.74) is 0. The highest BCUT2D eigenvalue weighted by Gasteiger charge is 2.33. The van der Waals surface area contributed by atoms with Gasteiger partial charge in [0.25, 0.3) is 0 Å². The number of hydrogen-bond acceptors (Lipinski definition) is 1. The van der Waals surface area contributed by atoms with Crippen molar-refractivity contribution in [1.29, 1.82) is 0 Å². The van der Waals surface area contributed by atoms with Crippen LogP contribution in [-0.2, 0) is 0 Å². The second-order valence-electron chi connectivity index (χ2n) is 6.41. The molecule has 0 amide bonds. The SMILES string of the molecule is CCC1CCC(C(NC)C2CCCCCC2)C1. The van der Waals surface area contributed by atoms with E-state index in [1.165, 1.54) is 64.2 Å². The second kappa shape index (κ2) is 6.78. The maximum atomic E-state index is 3.69. The van der Waals surface area contributed by atoms with Gasteiger partial charge < -0.3 is 5.32 Å². The summed E-state index contributed by atoms with van der Waals surface area (Å²) in [6.45, 7) is 2.37. The first kappa shape index (κ1) is 13.4. The Balaban J connectivity index is 1.90. The zero-order chi connectivity index (χ0) is 12.1. The summed E-state index contributed by atoms with van der Waals surface area (Å²) < 4.78 is 0. The lowest BCUT2D eigenvalue weighted by Gasteiger charge is -2.31. The van der Waals surface area contributed by atoms with Crippen molar-refractivity contribution in [3.8, 4) is 0 Å². The van der Waals surface area contributed by atoms with E-state index in [-0.39, 0.29) is 0 Å². The first-order valence-electron chi connectivity index (χ1n) is 8.02. The lowest BCUT2D eigenvalue weighted by Crippen LogP contribution is -2.39. The van der Waals surface area contributed by atoms with Crippen molar-refractivity contribution in [3.63, 3.8) is 0 Å². The molecule has 3 unspecified atom stereocenters. The summed E-state index contributed by atoms with van der Waals surface area (Å²) in [5, 5.41) is 3.69. The molecule has 2 saturated carbocycles. The molecule has 1 nitrogen and oxygen atoms in total. The number of nitrogens with one attached hydrogen (secondary N) is 1. The molecule has 1 N–H and O–H groups in total. The van der Waals surface area contributed by atoms with Crippen LogP contribution in [0.5, 0.6) is 0 Å². The van der Waals surface area contributed by atoms with Crippen LogP contribution in [0.25, 0.3) is 0 Å². The first-order chi connectivity index (χ1) is 8.35. The Kier molecular flexibility index (Phi) is 5.34. The normalized spacial score (nSPS) is 33.5. The zero-order valence-corrected chi connectivity index (χ0v) is 11.9. The van der Waals surface area contributed by atoms with E-state index in [1.807, 2.05) is 0 Å². The van der Waals surface area contributed by atoms with E-state index in [0.29, 0.717) is 0 Å². The Hall–Kier alpha value is -0.0400. The molecule has 0 aromatic rings. The van der Waals surface area contributed by atoms with E-state index >= 15 is 0 Å². The average Bonchev–Trinajstić information content (AvgIpc) is 2.66. The van der Waals surface area contributed by atoms with Crippen LogP contribution >= 0.6 is 0 Å². The molecule has 0 heterocycles.